The zero-order valence-electron chi connectivity index (χ0n) is 4.39. The number of halogens is 1. The largest absolute Gasteiger partial charge is 0.392 e. The molecule has 1 N–H and O–H groups in total. The van der Waals surface area contributed by atoms with E-state index in [4.69, 9.17) is 16.7 Å². The molecule has 2 atom stereocenters. The summed E-state index contributed by atoms with van der Waals surface area (Å²) in [6.45, 7) is 5.24. The maximum Gasteiger partial charge on any atom is 0.0704 e. The van der Waals surface area contributed by atoms with E-state index in [2.05, 4.69) is 6.92 Å². The Bertz CT molecular complexity index is 45.3. The molecule has 2 heteroatoms. The lowest BCUT2D eigenvalue weighted by Crippen LogP contribution is -2.15. The highest BCUT2D eigenvalue weighted by atomic mass is 35.5. The monoisotopic (exact) mass is 121 g/mol. The normalized spacial score (nSPS) is 18.9. The Morgan fingerprint density at radius 2 is 2.29 bits per heavy atom. The predicted molar refractivity (Wildman–Crippen MR) is 31.3 cm³/mol. The van der Waals surface area contributed by atoms with Gasteiger partial charge in [-0.15, -0.1) is 11.6 Å². The minimum Gasteiger partial charge on any atom is -0.392 e. The fraction of sp³-hybridized carbons (Fsp3) is 0.800. The predicted octanol–water partition coefficient (Wildman–Crippen LogP) is 1.20. The second kappa shape index (κ2) is 3.28. The van der Waals surface area contributed by atoms with Gasteiger partial charge in [0, 0.05) is 0 Å². The van der Waals surface area contributed by atoms with E-state index in [0.29, 0.717) is 0 Å². The van der Waals surface area contributed by atoms with Crippen LogP contribution in [0.4, 0.5) is 0 Å². The van der Waals surface area contributed by atoms with Crippen LogP contribution in [0.15, 0.2) is 0 Å². The Kier molecular flexibility index (Phi) is 3.39. The lowest BCUT2D eigenvalue weighted by molar-refractivity contribution is 0.213. The number of hydrogen-bond donors (Lipinski definition) is 1. The molecule has 0 rings (SSSR count). The van der Waals surface area contributed by atoms with Crippen molar-refractivity contribution < 1.29 is 5.11 Å². The maximum absolute atomic E-state index is 8.58. The Labute approximate surface area is 49.3 Å². The molecule has 43 valence electrons. The molecular formula is C5H10ClO. The van der Waals surface area contributed by atoms with Crippen molar-refractivity contribution in [3.05, 3.63) is 6.92 Å². The average molecular weight is 122 g/mol. The van der Waals surface area contributed by atoms with Crippen LogP contribution in [0.3, 0.4) is 0 Å². The number of aliphatic hydroxyl groups excluding tert-OH is 1. The molecule has 0 spiro atoms. The number of aliphatic hydroxyl groups is 1. The summed E-state index contributed by atoms with van der Waals surface area (Å²) >= 11 is 5.49. The molecule has 0 aromatic heterocycles. The molecule has 1 radical (unpaired) electrons. The Morgan fingerprint density at radius 1 is 1.86 bits per heavy atom. The molecule has 7 heavy (non-hydrogen) atoms. The highest BCUT2D eigenvalue weighted by Crippen LogP contribution is 2.04. The van der Waals surface area contributed by atoms with Gasteiger partial charge in [-0.2, -0.15) is 0 Å². The van der Waals surface area contributed by atoms with E-state index in [9.17, 15) is 0 Å². The van der Waals surface area contributed by atoms with E-state index in [1.54, 1.807) is 0 Å². The van der Waals surface area contributed by atoms with Gasteiger partial charge in [-0.3, -0.25) is 0 Å². The average Bonchev–Trinajstić information content (AvgIpc) is 1.65. The molecule has 0 aliphatic heterocycles. The molecule has 1 unspecified atom stereocenters. The van der Waals surface area contributed by atoms with E-state index in [1.807, 2.05) is 6.92 Å². The number of rotatable bonds is 2. The first-order chi connectivity index (χ1) is 3.18. The zero-order valence-corrected chi connectivity index (χ0v) is 5.15. The van der Waals surface area contributed by atoms with Gasteiger partial charge in [-0.1, -0.05) is 6.92 Å². The van der Waals surface area contributed by atoms with Crippen LogP contribution in [0.25, 0.3) is 0 Å². The summed E-state index contributed by atoms with van der Waals surface area (Å²) in [5.41, 5.74) is 0. The molecule has 0 aliphatic carbocycles. The van der Waals surface area contributed by atoms with Gasteiger partial charge in [0.05, 0.1) is 11.5 Å². The highest BCUT2D eigenvalue weighted by Gasteiger charge is 2.06. The third kappa shape index (κ3) is 2.89. The number of alkyl halides is 1. The van der Waals surface area contributed by atoms with Gasteiger partial charge in [0.25, 0.3) is 0 Å². The van der Waals surface area contributed by atoms with Crippen molar-refractivity contribution in [1.82, 2.24) is 0 Å². The van der Waals surface area contributed by atoms with Crippen molar-refractivity contribution in [2.45, 2.75) is 24.8 Å². The number of hydrogen-bond acceptors (Lipinski definition) is 1. The van der Waals surface area contributed by atoms with E-state index in [1.165, 1.54) is 0 Å². The fourth-order valence-electron chi connectivity index (χ4n) is 0.272. The SMILES string of the molecule is [CH2][C@H](O)C(Cl)CC. The van der Waals surface area contributed by atoms with Crippen LogP contribution in [-0.4, -0.2) is 16.6 Å². The van der Waals surface area contributed by atoms with E-state index in [-0.39, 0.29) is 5.38 Å². The van der Waals surface area contributed by atoms with E-state index >= 15 is 0 Å². The zero-order chi connectivity index (χ0) is 5.86. The summed E-state index contributed by atoms with van der Waals surface area (Å²) in [5.74, 6) is 0. The Hall–Kier alpha value is 0.250. The smallest absolute Gasteiger partial charge is 0.0704 e. The third-order valence-corrected chi connectivity index (χ3v) is 1.41. The van der Waals surface area contributed by atoms with E-state index in [0.717, 1.165) is 6.42 Å². The summed E-state index contributed by atoms with van der Waals surface area (Å²) in [5, 5.41) is 8.40. The van der Waals surface area contributed by atoms with Gasteiger partial charge in [0.1, 0.15) is 0 Å². The van der Waals surface area contributed by atoms with Crippen molar-refractivity contribution in [2.75, 3.05) is 0 Å². The lowest BCUT2D eigenvalue weighted by Gasteiger charge is -2.06. The van der Waals surface area contributed by atoms with Crippen LogP contribution in [0, 0.1) is 6.92 Å². The minimum atomic E-state index is -0.619. The van der Waals surface area contributed by atoms with Gasteiger partial charge < -0.3 is 5.11 Å². The minimum absolute atomic E-state index is 0.181. The molecular weight excluding hydrogens is 112 g/mol. The van der Waals surface area contributed by atoms with Crippen molar-refractivity contribution in [3.63, 3.8) is 0 Å². The summed E-state index contributed by atoms with van der Waals surface area (Å²) in [4.78, 5) is 0. The van der Waals surface area contributed by atoms with Crippen molar-refractivity contribution in [3.8, 4) is 0 Å². The second-order valence-electron chi connectivity index (χ2n) is 1.49. The van der Waals surface area contributed by atoms with Gasteiger partial charge in [0.15, 0.2) is 0 Å². The third-order valence-electron chi connectivity index (χ3n) is 0.808. The van der Waals surface area contributed by atoms with Gasteiger partial charge >= 0.3 is 0 Å². The van der Waals surface area contributed by atoms with Crippen molar-refractivity contribution in [2.24, 2.45) is 0 Å². The summed E-state index contributed by atoms with van der Waals surface area (Å²) < 4.78 is 0. The van der Waals surface area contributed by atoms with Crippen LogP contribution >= 0.6 is 11.6 Å². The van der Waals surface area contributed by atoms with E-state index < -0.39 is 6.10 Å². The quantitative estimate of drug-likeness (QED) is 0.545. The molecule has 0 aromatic rings. The Morgan fingerprint density at radius 3 is 2.29 bits per heavy atom. The first-order valence-electron chi connectivity index (χ1n) is 2.33. The molecule has 0 bridgehead atoms. The molecule has 0 aliphatic rings. The summed E-state index contributed by atoms with van der Waals surface area (Å²) in [6, 6.07) is 0. The van der Waals surface area contributed by atoms with Crippen LogP contribution in [0.2, 0.25) is 0 Å². The molecule has 0 fully saturated rings. The summed E-state index contributed by atoms with van der Waals surface area (Å²) in [6.07, 6.45) is 0.151. The molecule has 0 saturated carbocycles. The van der Waals surface area contributed by atoms with Crippen molar-refractivity contribution in [1.29, 1.82) is 0 Å². The van der Waals surface area contributed by atoms with Gasteiger partial charge in [0.2, 0.25) is 0 Å². The van der Waals surface area contributed by atoms with Crippen LogP contribution in [0.5, 0.6) is 0 Å². The van der Waals surface area contributed by atoms with Crippen LogP contribution < -0.4 is 0 Å². The van der Waals surface area contributed by atoms with Gasteiger partial charge in [-0.25, -0.2) is 0 Å². The fourth-order valence-corrected chi connectivity index (χ4v) is 0.272. The van der Waals surface area contributed by atoms with Crippen molar-refractivity contribution >= 4 is 11.6 Å². The summed E-state index contributed by atoms with van der Waals surface area (Å²) in [7, 11) is 0. The maximum atomic E-state index is 8.58. The molecule has 0 heterocycles. The Balaban J connectivity index is 3.14. The lowest BCUT2D eigenvalue weighted by atomic mass is 10.2. The molecule has 0 saturated heterocycles. The topological polar surface area (TPSA) is 20.2 Å². The first kappa shape index (κ1) is 7.25. The molecule has 1 nitrogen and oxygen atoms in total. The van der Waals surface area contributed by atoms with Crippen LogP contribution in [-0.2, 0) is 0 Å². The second-order valence-corrected chi connectivity index (χ2v) is 2.05. The first-order valence-corrected chi connectivity index (χ1v) is 2.77. The van der Waals surface area contributed by atoms with Crippen LogP contribution in [0.1, 0.15) is 13.3 Å². The van der Waals surface area contributed by atoms with Gasteiger partial charge in [-0.05, 0) is 13.3 Å². The molecule has 0 aromatic carbocycles. The molecule has 0 amide bonds. The highest BCUT2D eigenvalue weighted by molar-refractivity contribution is 6.21. The standard InChI is InChI=1S/C5H10ClO/c1-3-5(6)4(2)7/h4-5,7H,2-3H2,1H3/t4-,5?/m0/s1.